The molecule has 3 nitrogen and oxygen atoms in total. The van der Waals surface area contributed by atoms with Crippen molar-refractivity contribution in [3.63, 3.8) is 0 Å². The molecule has 2 unspecified atom stereocenters. The van der Waals surface area contributed by atoms with Gasteiger partial charge in [0, 0.05) is 6.54 Å². The van der Waals surface area contributed by atoms with Gasteiger partial charge in [0.25, 0.3) is 0 Å². The minimum atomic E-state index is -0.130. The van der Waals surface area contributed by atoms with Gasteiger partial charge in [-0.1, -0.05) is 31.4 Å². The van der Waals surface area contributed by atoms with E-state index in [0.29, 0.717) is 5.92 Å². The molecule has 0 aliphatic heterocycles. The number of hydrogen-bond donors (Lipinski definition) is 1. The van der Waals surface area contributed by atoms with Crippen LogP contribution in [0.3, 0.4) is 0 Å². The van der Waals surface area contributed by atoms with E-state index in [1.165, 1.54) is 18.5 Å². The van der Waals surface area contributed by atoms with Crippen LogP contribution in [0.5, 0.6) is 0 Å². The predicted octanol–water partition coefficient (Wildman–Crippen LogP) is 3.60. The second-order valence-corrected chi connectivity index (χ2v) is 6.00. The number of aromatic nitrogens is 2. The molecule has 1 aliphatic rings. The molecule has 0 radical (unpaired) electrons. The summed E-state index contributed by atoms with van der Waals surface area (Å²) in [4.78, 5) is 0. The zero-order valence-electron chi connectivity index (χ0n) is 12.0. The number of halogens is 1. The average Bonchev–Trinajstić information content (AvgIpc) is 2.57. The fourth-order valence-electron chi connectivity index (χ4n) is 3.10. The van der Waals surface area contributed by atoms with E-state index < -0.39 is 0 Å². The quantitative estimate of drug-likeness (QED) is 0.858. The van der Waals surface area contributed by atoms with Crippen LogP contribution in [0.15, 0.2) is 0 Å². The van der Waals surface area contributed by atoms with Gasteiger partial charge in [0.2, 0.25) is 0 Å². The van der Waals surface area contributed by atoms with Gasteiger partial charge in [-0.3, -0.25) is 4.68 Å². The zero-order chi connectivity index (χ0) is 13.8. The van der Waals surface area contributed by atoms with Crippen LogP contribution >= 0.6 is 11.6 Å². The maximum absolute atomic E-state index is 9.93. The van der Waals surface area contributed by atoms with Crippen LogP contribution in [-0.2, 0) is 19.4 Å². The Kier molecular flexibility index (Phi) is 5.28. The van der Waals surface area contributed by atoms with Crippen LogP contribution in [0, 0.1) is 5.92 Å². The molecular formula is C15H25ClN2O. The van der Waals surface area contributed by atoms with E-state index >= 15 is 0 Å². The van der Waals surface area contributed by atoms with Crippen molar-refractivity contribution in [2.45, 2.75) is 71.4 Å². The lowest BCUT2D eigenvalue weighted by Crippen LogP contribution is -2.15. The highest BCUT2D eigenvalue weighted by molar-refractivity contribution is 6.31. The first-order valence-corrected chi connectivity index (χ1v) is 7.95. The molecule has 19 heavy (non-hydrogen) atoms. The molecule has 2 atom stereocenters. The van der Waals surface area contributed by atoms with Crippen molar-refractivity contribution in [1.29, 1.82) is 0 Å². The molecule has 1 saturated carbocycles. The first kappa shape index (κ1) is 14.9. The van der Waals surface area contributed by atoms with E-state index in [9.17, 15) is 5.11 Å². The Balaban J connectivity index is 2.15. The highest BCUT2D eigenvalue weighted by Crippen LogP contribution is 2.30. The largest absolute Gasteiger partial charge is 0.393 e. The van der Waals surface area contributed by atoms with Crippen LogP contribution in [0.2, 0.25) is 5.02 Å². The van der Waals surface area contributed by atoms with E-state index in [4.69, 9.17) is 11.6 Å². The fraction of sp³-hybridized carbons (Fsp3) is 0.800. The third kappa shape index (κ3) is 3.51. The molecule has 1 N–H and O–H groups in total. The van der Waals surface area contributed by atoms with Crippen LogP contribution < -0.4 is 0 Å². The lowest BCUT2D eigenvalue weighted by molar-refractivity contribution is 0.141. The summed E-state index contributed by atoms with van der Waals surface area (Å²) in [6.07, 6.45) is 7.14. The molecule has 0 amide bonds. The van der Waals surface area contributed by atoms with Crippen molar-refractivity contribution in [1.82, 2.24) is 9.78 Å². The Hall–Kier alpha value is -0.540. The zero-order valence-corrected chi connectivity index (χ0v) is 12.8. The van der Waals surface area contributed by atoms with Gasteiger partial charge >= 0.3 is 0 Å². The summed E-state index contributed by atoms with van der Waals surface area (Å²) in [6, 6.07) is 0. The second-order valence-electron chi connectivity index (χ2n) is 5.62. The standard InChI is InChI=1S/C15H25ClN2O/c1-3-13-15(16)14(18(4-2)17-13)10-11-7-5-6-8-12(19)9-11/h11-12,19H,3-10H2,1-2H3. The molecular weight excluding hydrogens is 260 g/mol. The van der Waals surface area contributed by atoms with Gasteiger partial charge in [0.15, 0.2) is 0 Å². The van der Waals surface area contributed by atoms with E-state index in [2.05, 4.69) is 18.9 Å². The van der Waals surface area contributed by atoms with Crippen molar-refractivity contribution >= 4 is 11.6 Å². The number of aryl methyl sites for hydroxylation is 2. The Labute approximate surface area is 121 Å². The van der Waals surface area contributed by atoms with Gasteiger partial charge < -0.3 is 5.11 Å². The molecule has 1 heterocycles. The van der Waals surface area contributed by atoms with Crippen molar-refractivity contribution < 1.29 is 5.11 Å². The van der Waals surface area contributed by atoms with Gasteiger partial charge in [0.05, 0.1) is 22.5 Å². The Bertz CT molecular complexity index is 417. The highest BCUT2D eigenvalue weighted by Gasteiger charge is 2.22. The molecule has 0 bridgehead atoms. The van der Waals surface area contributed by atoms with Gasteiger partial charge in [0.1, 0.15) is 0 Å². The summed E-state index contributed by atoms with van der Waals surface area (Å²) in [5, 5.41) is 15.4. The Morgan fingerprint density at radius 1 is 1.32 bits per heavy atom. The van der Waals surface area contributed by atoms with Crippen LogP contribution in [0.1, 0.15) is 57.3 Å². The van der Waals surface area contributed by atoms with E-state index in [1.807, 2.05) is 4.68 Å². The average molecular weight is 285 g/mol. The normalized spacial score (nSPS) is 24.4. The number of aliphatic hydroxyl groups excluding tert-OH is 1. The SMILES string of the molecule is CCc1nn(CC)c(CC2CCCCC(O)C2)c1Cl. The maximum atomic E-state index is 9.93. The first-order chi connectivity index (χ1) is 9.15. The number of rotatable bonds is 4. The molecule has 1 aliphatic carbocycles. The summed E-state index contributed by atoms with van der Waals surface area (Å²) < 4.78 is 2.04. The summed E-state index contributed by atoms with van der Waals surface area (Å²) >= 11 is 6.46. The Morgan fingerprint density at radius 2 is 2.05 bits per heavy atom. The molecule has 0 aromatic carbocycles. The molecule has 0 saturated heterocycles. The number of nitrogens with zero attached hydrogens (tertiary/aromatic N) is 2. The summed E-state index contributed by atoms with van der Waals surface area (Å²) in [5.41, 5.74) is 2.17. The van der Waals surface area contributed by atoms with Crippen LogP contribution in [-0.4, -0.2) is 21.0 Å². The van der Waals surface area contributed by atoms with E-state index in [0.717, 1.165) is 49.4 Å². The smallest absolute Gasteiger partial charge is 0.0849 e. The van der Waals surface area contributed by atoms with Crippen molar-refractivity contribution in [2.24, 2.45) is 5.92 Å². The minimum Gasteiger partial charge on any atom is -0.393 e. The van der Waals surface area contributed by atoms with Gasteiger partial charge in [-0.05, 0) is 44.9 Å². The minimum absolute atomic E-state index is 0.130. The second kappa shape index (κ2) is 6.76. The Morgan fingerprint density at radius 3 is 2.74 bits per heavy atom. The van der Waals surface area contributed by atoms with Crippen LogP contribution in [0.4, 0.5) is 0 Å². The molecule has 1 aromatic heterocycles. The molecule has 108 valence electrons. The van der Waals surface area contributed by atoms with Gasteiger partial charge in [-0.15, -0.1) is 0 Å². The van der Waals surface area contributed by atoms with Crippen molar-refractivity contribution in [3.05, 3.63) is 16.4 Å². The van der Waals surface area contributed by atoms with Crippen molar-refractivity contribution in [2.75, 3.05) is 0 Å². The molecule has 2 rings (SSSR count). The summed E-state index contributed by atoms with van der Waals surface area (Å²) in [7, 11) is 0. The monoisotopic (exact) mass is 284 g/mol. The molecule has 1 fully saturated rings. The third-order valence-electron chi connectivity index (χ3n) is 4.18. The lowest BCUT2D eigenvalue weighted by Gasteiger charge is -2.17. The molecule has 0 spiro atoms. The third-order valence-corrected chi connectivity index (χ3v) is 4.62. The lowest BCUT2D eigenvalue weighted by atomic mass is 9.94. The predicted molar refractivity (Wildman–Crippen MR) is 78.6 cm³/mol. The first-order valence-electron chi connectivity index (χ1n) is 7.57. The topological polar surface area (TPSA) is 38.0 Å². The molecule has 4 heteroatoms. The van der Waals surface area contributed by atoms with E-state index in [-0.39, 0.29) is 6.10 Å². The van der Waals surface area contributed by atoms with Crippen LogP contribution in [0.25, 0.3) is 0 Å². The fourth-order valence-corrected chi connectivity index (χ4v) is 3.45. The van der Waals surface area contributed by atoms with Crippen molar-refractivity contribution in [3.8, 4) is 0 Å². The van der Waals surface area contributed by atoms with Gasteiger partial charge in [-0.25, -0.2) is 0 Å². The highest BCUT2D eigenvalue weighted by atomic mass is 35.5. The number of hydrogen-bond acceptors (Lipinski definition) is 2. The summed E-state index contributed by atoms with van der Waals surface area (Å²) in [6.45, 7) is 5.06. The van der Waals surface area contributed by atoms with E-state index in [1.54, 1.807) is 0 Å². The summed E-state index contributed by atoms with van der Waals surface area (Å²) in [5.74, 6) is 0.543. The maximum Gasteiger partial charge on any atom is 0.0849 e. The molecule has 1 aromatic rings. The number of aliphatic hydroxyl groups is 1. The van der Waals surface area contributed by atoms with Gasteiger partial charge in [-0.2, -0.15) is 5.10 Å².